The smallest absolute Gasteiger partial charge is 0.255 e. The van der Waals surface area contributed by atoms with Gasteiger partial charge in [-0.05, 0) is 85.4 Å². The number of ketones is 2. The second-order valence-corrected chi connectivity index (χ2v) is 12.8. The van der Waals surface area contributed by atoms with Crippen LogP contribution in [-0.2, 0) is 20.8 Å². The maximum absolute atomic E-state index is 14.4. The summed E-state index contributed by atoms with van der Waals surface area (Å²) in [5, 5.41) is 47.0. The van der Waals surface area contributed by atoms with Gasteiger partial charge in [-0.3, -0.25) is 19.3 Å². The van der Waals surface area contributed by atoms with Crippen molar-refractivity contribution in [1.82, 2.24) is 4.90 Å². The van der Waals surface area contributed by atoms with E-state index in [-0.39, 0.29) is 43.3 Å². The zero-order valence-corrected chi connectivity index (χ0v) is 25.8. The zero-order valence-electron chi connectivity index (χ0n) is 25.8. The quantitative estimate of drug-likeness (QED) is 0.258. The van der Waals surface area contributed by atoms with Crippen LogP contribution in [0.3, 0.4) is 0 Å². The Morgan fingerprint density at radius 1 is 0.875 bits per heavy atom. The third-order valence-corrected chi connectivity index (χ3v) is 10.1. The molecule has 0 spiro atoms. The van der Waals surface area contributed by atoms with Crippen molar-refractivity contribution in [2.24, 2.45) is 17.6 Å². The van der Waals surface area contributed by atoms with Crippen LogP contribution < -0.4 is 24.7 Å². The minimum atomic E-state index is -2.74. The number of ether oxygens (including phenoxy) is 4. The zero-order chi connectivity index (χ0) is 33.8. The second-order valence-electron chi connectivity index (χ2n) is 12.8. The van der Waals surface area contributed by atoms with Crippen molar-refractivity contribution >= 4 is 23.2 Å². The Bertz CT molecular complexity index is 2070. The van der Waals surface area contributed by atoms with E-state index in [2.05, 4.69) is 0 Å². The van der Waals surface area contributed by atoms with E-state index in [9.17, 15) is 34.8 Å². The number of hydrogen-bond donors (Lipinski definition) is 5. The van der Waals surface area contributed by atoms with Gasteiger partial charge < -0.3 is 45.1 Å². The van der Waals surface area contributed by atoms with Crippen LogP contribution in [0.1, 0.15) is 17.5 Å². The van der Waals surface area contributed by atoms with Crippen LogP contribution in [0.5, 0.6) is 28.7 Å². The average Bonchev–Trinajstić information content (AvgIpc) is 3.71. The molecule has 13 nitrogen and oxygen atoms in total. The molecule has 0 aromatic heterocycles. The molecule has 1 amide bonds. The van der Waals surface area contributed by atoms with Gasteiger partial charge in [0.1, 0.15) is 22.8 Å². The highest BCUT2D eigenvalue weighted by atomic mass is 16.7. The van der Waals surface area contributed by atoms with Crippen LogP contribution in [-0.4, -0.2) is 82.1 Å². The van der Waals surface area contributed by atoms with Crippen molar-refractivity contribution in [3.63, 3.8) is 0 Å². The summed E-state index contributed by atoms with van der Waals surface area (Å²) < 4.78 is 22.1. The van der Waals surface area contributed by atoms with Gasteiger partial charge in [-0.1, -0.05) is 12.1 Å². The number of aliphatic hydroxyl groups is 3. The lowest BCUT2D eigenvalue weighted by Gasteiger charge is -2.50. The van der Waals surface area contributed by atoms with Crippen molar-refractivity contribution in [2.75, 3.05) is 27.7 Å². The van der Waals surface area contributed by atoms with Crippen LogP contribution >= 0.6 is 0 Å². The van der Waals surface area contributed by atoms with Crippen molar-refractivity contribution in [3.8, 4) is 51.0 Å². The predicted octanol–water partition coefficient (Wildman–Crippen LogP) is 2.76. The number of benzene rings is 3. The van der Waals surface area contributed by atoms with E-state index >= 15 is 0 Å². The maximum Gasteiger partial charge on any atom is 0.255 e. The van der Waals surface area contributed by atoms with E-state index in [0.29, 0.717) is 50.8 Å². The van der Waals surface area contributed by atoms with Crippen molar-refractivity contribution in [3.05, 3.63) is 70.5 Å². The van der Waals surface area contributed by atoms with E-state index < -0.39 is 58.0 Å². The van der Waals surface area contributed by atoms with Crippen molar-refractivity contribution < 1.29 is 53.8 Å². The number of amides is 1. The molecular weight excluding hydrogens is 624 g/mol. The summed E-state index contributed by atoms with van der Waals surface area (Å²) in [6.45, 7) is 0.0948. The third-order valence-electron chi connectivity index (χ3n) is 10.1. The molecule has 0 saturated heterocycles. The molecule has 3 aliphatic carbocycles. The summed E-state index contributed by atoms with van der Waals surface area (Å²) in [5.41, 5.74) is 4.21. The molecule has 13 heteroatoms. The number of fused-ring (bicyclic) bond motifs is 5. The number of Topliss-reactive ketones (excluding diaryl/α,β-unsaturated/α-hetero) is 2. The summed E-state index contributed by atoms with van der Waals surface area (Å²) >= 11 is 0. The summed E-state index contributed by atoms with van der Waals surface area (Å²) in [4.78, 5) is 41.6. The first-order valence-electron chi connectivity index (χ1n) is 15.3. The molecule has 0 bridgehead atoms. The van der Waals surface area contributed by atoms with Crippen LogP contribution in [0.2, 0.25) is 0 Å². The second kappa shape index (κ2) is 10.2. The molecule has 8 rings (SSSR count). The first kappa shape index (κ1) is 29.8. The molecule has 5 aliphatic rings. The molecule has 3 aromatic rings. The summed E-state index contributed by atoms with van der Waals surface area (Å²) in [5.74, 6) is -5.12. The Balaban J connectivity index is 1.37. The lowest BCUT2D eigenvalue weighted by Crippen LogP contribution is -2.65. The Morgan fingerprint density at radius 2 is 1.46 bits per heavy atom. The van der Waals surface area contributed by atoms with Crippen LogP contribution in [0.4, 0.5) is 0 Å². The molecule has 2 heterocycles. The van der Waals surface area contributed by atoms with Gasteiger partial charge in [0.25, 0.3) is 5.91 Å². The Labute approximate surface area is 273 Å². The Hall–Kier alpha value is -5.53. The molecular formula is C35H30N2O11. The molecule has 48 heavy (non-hydrogen) atoms. The van der Waals surface area contributed by atoms with Gasteiger partial charge in [-0.15, -0.1) is 0 Å². The molecule has 3 aromatic carbocycles. The van der Waals surface area contributed by atoms with Crippen LogP contribution in [0.15, 0.2) is 59.4 Å². The van der Waals surface area contributed by atoms with Gasteiger partial charge >= 0.3 is 0 Å². The highest BCUT2D eigenvalue weighted by Crippen LogP contribution is 2.55. The SMILES string of the molecule is CN(C)[C@H]1C(=O)C(C(N)=O)=C(O)[C@]2(O)C(=O)C3=C(O)c4c(O)c(-c5ccc6c(c5)OCO6)cc(-c5ccc6c(c5)OCO6)c4C[C@@H]3C[C@H]12. The number of carbonyl (C=O) groups excluding carboxylic acids is 3. The molecule has 0 unspecified atom stereocenters. The molecule has 6 N–H and O–H groups in total. The number of hydrogen-bond acceptors (Lipinski definition) is 12. The molecule has 0 radical (unpaired) electrons. The van der Waals surface area contributed by atoms with Gasteiger partial charge in [-0.25, -0.2) is 0 Å². The predicted molar refractivity (Wildman–Crippen MR) is 167 cm³/mol. The summed E-state index contributed by atoms with van der Waals surface area (Å²) in [6, 6.07) is 11.1. The Morgan fingerprint density at radius 3 is 2.04 bits per heavy atom. The van der Waals surface area contributed by atoms with Gasteiger partial charge in [-0.2, -0.15) is 0 Å². The number of nitrogens with two attached hydrogens (primary N) is 1. The van der Waals surface area contributed by atoms with Crippen LogP contribution in [0, 0.1) is 11.8 Å². The fraction of sp³-hybridized carbons (Fsp3) is 0.286. The normalized spacial score (nSPS) is 25.3. The summed E-state index contributed by atoms with van der Waals surface area (Å²) in [7, 11) is 3.11. The van der Waals surface area contributed by atoms with Crippen LogP contribution in [0.25, 0.3) is 28.0 Å². The molecule has 1 saturated carbocycles. The molecule has 2 aliphatic heterocycles. The highest BCUT2D eigenvalue weighted by Gasteiger charge is 2.64. The van der Waals surface area contributed by atoms with Gasteiger partial charge in [0.2, 0.25) is 19.4 Å². The van der Waals surface area contributed by atoms with Gasteiger partial charge in [0.15, 0.2) is 34.4 Å². The number of phenolic OH excluding ortho intramolecular Hbond substituents is 1. The average molecular weight is 655 g/mol. The lowest BCUT2D eigenvalue weighted by molar-refractivity contribution is -0.153. The highest BCUT2D eigenvalue weighted by molar-refractivity contribution is 6.24. The van der Waals surface area contributed by atoms with E-state index in [1.54, 1.807) is 50.5 Å². The molecule has 246 valence electrons. The number of phenols is 1. The van der Waals surface area contributed by atoms with E-state index in [1.165, 1.54) is 4.90 Å². The minimum absolute atomic E-state index is 0.0307. The first-order chi connectivity index (χ1) is 22.9. The van der Waals surface area contributed by atoms with Crippen molar-refractivity contribution in [2.45, 2.75) is 24.5 Å². The topological polar surface area (TPSA) is 198 Å². The largest absolute Gasteiger partial charge is 0.508 e. The number of carbonyl (C=O) groups is 3. The molecule has 1 fully saturated rings. The van der Waals surface area contributed by atoms with Crippen molar-refractivity contribution in [1.29, 1.82) is 0 Å². The third kappa shape index (κ3) is 3.94. The van der Waals surface area contributed by atoms with E-state index in [1.807, 2.05) is 6.07 Å². The number of likely N-dealkylation sites (N-methyl/N-ethyl adjacent to an activating group) is 1. The van der Waals surface area contributed by atoms with Gasteiger partial charge in [0, 0.05) is 17.1 Å². The Kier molecular flexibility index (Phi) is 6.36. The fourth-order valence-corrected chi connectivity index (χ4v) is 7.92. The van der Waals surface area contributed by atoms with E-state index in [0.717, 1.165) is 0 Å². The number of rotatable bonds is 4. The van der Waals surface area contributed by atoms with E-state index in [4.69, 9.17) is 24.7 Å². The minimum Gasteiger partial charge on any atom is -0.508 e. The number of aromatic hydroxyl groups is 1. The monoisotopic (exact) mass is 654 g/mol. The standard InChI is InChI=1S/C35H30N2O11/c1-37(2)28-20-8-16-7-19-17(14-3-5-21-23(9-14)47-12-45-21)11-18(15-4-6-22-24(10-15)48-13-46-22)29(38)26(19)30(39)25(16)32(41)35(20,44)33(42)27(31(28)40)34(36)43/h3-6,9-11,16,20,28,38-39,42,44H,7-8,12-13H2,1-2H3,(H2,36,43)/t16-,20-,28-,35-/m1/s1. The first-order valence-corrected chi connectivity index (χ1v) is 15.3. The number of primary amides is 1. The molecule has 4 atom stereocenters. The number of aliphatic hydroxyl groups excluding tert-OH is 2. The lowest BCUT2D eigenvalue weighted by atomic mass is 9.57. The number of nitrogens with zero attached hydrogens (tertiary/aromatic N) is 1. The summed E-state index contributed by atoms with van der Waals surface area (Å²) in [6.07, 6.45) is 0.0876. The van der Waals surface area contributed by atoms with Gasteiger partial charge in [0.05, 0.1) is 11.6 Å². The maximum atomic E-state index is 14.4. The fourth-order valence-electron chi connectivity index (χ4n) is 7.92.